The minimum absolute atomic E-state index is 0.413. The Bertz CT molecular complexity index is 1020. The molecule has 0 atom stereocenters. The van der Waals surface area contributed by atoms with Gasteiger partial charge < -0.3 is 15.5 Å². The van der Waals surface area contributed by atoms with Crippen LogP contribution in [0.1, 0.15) is 30.0 Å². The summed E-state index contributed by atoms with van der Waals surface area (Å²) in [5, 5.41) is 5.71. The lowest BCUT2D eigenvalue weighted by Gasteiger charge is -2.20. The van der Waals surface area contributed by atoms with Crippen LogP contribution >= 0.6 is 0 Å². The third-order valence-corrected chi connectivity index (χ3v) is 4.52. The summed E-state index contributed by atoms with van der Waals surface area (Å²) >= 11 is 0. The van der Waals surface area contributed by atoms with E-state index in [1.165, 1.54) is 6.07 Å². The highest BCUT2D eigenvalue weighted by atomic mass is 19.1. The molecule has 8 heteroatoms. The molecule has 1 aromatic heterocycles. The number of amides is 1. The summed E-state index contributed by atoms with van der Waals surface area (Å²) < 4.78 is 27.5. The summed E-state index contributed by atoms with van der Waals surface area (Å²) in [6.45, 7) is 7.63. The van der Waals surface area contributed by atoms with E-state index in [0.717, 1.165) is 36.7 Å². The maximum Gasteiger partial charge on any atom is 0.261 e. The summed E-state index contributed by atoms with van der Waals surface area (Å²) in [6.07, 6.45) is 0. The molecule has 0 fully saturated rings. The predicted octanol–water partition coefficient (Wildman–Crippen LogP) is 4.91. The van der Waals surface area contributed by atoms with Crippen LogP contribution in [0, 0.1) is 18.6 Å². The topological polar surface area (TPSA) is 70.2 Å². The van der Waals surface area contributed by atoms with Crippen LogP contribution in [-0.4, -0.2) is 29.0 Å². The molecular weight excluding hydrogens is 388 g/mol. The van der Waals surface area contributed by atoms with E-state index < -0.39 is 23.1 Å². The molecule has 0 aliphatic carbocycles. The molecule has 30 heavy (non-hydrogen) atoms. The zero-order valence-corrected chi connectivity index (χ0v) is 17.0. The molecule has 0 aliphatic heterocycles. The van der Waals surface area contributed by atoms with E-state index in [2.05, 4.69) is 39.3 Å². The summed E-state index contributed by atoms with van der Waals surface area (Å²) in [5.41, 5.74) is 0.546. The van der Waals surface area contributed by atoms with Gasteiger partial charge >= 0.3 is 0 Å². The standard InChI is InChI=1S/C22H23F2N5O/c1-4-29(5-2)20-13-19(25-14(3)26-20)27-15-9-11-16(12-10-15)28-22(30)21-17(23)7-6-8-18(21)24/h6-13H,4-5H2,1-3H3,(H,28,30)(H,25,26,27). The molecule has 156 valence electrons. The van der Waals surface area contributed by atoms with Crippen molar-refractivity contribution in [2.45, 2.75) is 20.8 Å². The van der Waals surface area contributed by atoms with Crippen molar-refractivity contribution in [3.05, 3.63) is 71.6 Å². The van der Waals surface area contributed by atoms with Gasteiger partial charge in [0, 0.05) is 30.5 Å². The van der Waals surface area contributed by atoms with Gasteiger partial charge in [0.15, 0.2) is 0 Å². The summed E-state index contributed by atoms with van der Waals surface area (Å²) in [4.78, 5) is 23.2. The van der Waals surface area contributed by atoms with Gasteiger partial charge in [-0.15, -0.1) is 0 Å². The van der Waals surface area contributed by atoms with E-state index in [9.17, 15) is 13.6 Å². The van der Waals surface area contributed by atoms with Gasteiger partial charge in [0.2, 0.25) is 0 Å². The van der Waals surface area contributed by atoms with E-state index in [-0.39, 0.29) is 0 Å². The molecule has 2 N–H and O–H groups in total. The Morgan fingerprint density at radius 1 is 0.967 bits per heavy atom. The third-order valence-electron chi connectivity index (χ3n) is 4.52. The maximum atomic E-state index is 13.8. The number of halogens is 2. The zero-order chi connectivity index (χ0) is 21.7. The number of nitrogens with zero attached hydrogens (tertiary/aromatic N) is 3. The summed E-state index contributed by atoms with van der Waals surface area (Å²) in [6, 6.07) is 11.9. The van der Waals surface area contributed by atoms with E-state index in [4.69, 9.17) is 0 Å². The van der Waals surface area contributed by atoms with Gasteiger partial charge in [0.25, 0.3) is 5.91 Å². The predicted molar refractivity (Wildman–Crippen MR) is 114 cm³/mol. The van der Waals surface area contributed by atoms with Gasteiger partial charge in [-0.1, -0.05) is 6.07 Å². The van der Waals surface area contributed by atoms with Gasteiger partial charge in [-0.05, 0) is 57.2 Å². The van der Waals surface area contributed by atoms with Crippen LogP contribution in [0.4, 0.5) is 31.8 Å². The number of hydrogen-bond donors (Lipinski definition) is 2. The Hall–Kier alpha value is -3.55. The minimum Gasteiger partial charge on any atom is -0.357 e. The fourth-order valence-corrected chi connectivity index (χ4v) is 3.02. The number of rotatable bonds is 7. The van der Waals surface area contributed by atoms with Gasteiger partial charge in [-0.25, -0.2) is 18.7 Å². The largest absolute Gasteiger partial charge is 0.357 e. The van der Waals surface area contributed by atoms with E-state index in [0.29, 0.717) is 17.3 Å². The molecule has 0 spiro atoms. The first-order valence-corrected chi connectivity index (χ1v) is 9.64. The van der Waals surface area contributed by atoms with E-state index >= 15 is 0 Å². The fourth-order valence-electron chi connectivity index (χ4n) is 3.02. The minimum atomic E-state index is -0.908. The summed E-state index contributed by atoms with van der Waals surface area (Å²) in [5.74, 6) is -0.525. The monoisotopic (exact) mass is 411 g/mol. The van der Waals surface area contributed by atoms with Crippen LogP contribution in [0.2, 0.25) is 0 Å². The van der Waals surface area contributed by atoms with Gasteiger partial charge in [-0.2, -0.15) is 0 Å². The maximum absolute atomic E-state index is 13.8. The number of nitrogens with one attached hydrogen (secondary N) is 2. The van der Waals surface area contributed by atoms with Gasteiger partial charge in [0.1, 0.15) is 34.7 Å². The van der Waals surface area contributed by atoms with E-state index in [1.807, 2.05) is 13.0 Å². The van der Waals surface area contributed by atoms with Crippen LogP contribution in [-0.2, 0) is 0 Å². The smallest absolute Gasteiger partial charge is 0.261 e. The number of carbonyl (C=O) groups is 1. The number of aryl methyl sites for hydroxylation is 1. The fraction of sp³-hybridized carbons (Fsp3) is 0.227. The first-order valence-electron chi connectivity index (χ1n) is 9.64. The lowest BCUT2D eigenvalue weighted by molar-refractivity contribution is 0.101. The molecule has 0 aliphatic rings. The lowest BCUT2D eigenvalue weighted by Crippen LogP contribution is -2.23. The number of benzene rings is 2. The second kappa shape index (κ2) is 9.30. The Labute approximate surface area is 174 Å². The molecule has 3 aromatic rings. The van der Waals surface area contributed by atoms with Crippen LogP contribution in [0.5, 0.6) is 0 Å². The van der Waals surface area contributed by atoms with Crippen LogP contribution in [0.3, 0.4) is 0 Å². The highest BCUT2D eigenvalue weighted by Gasteiger charge is 2.17. The quantitative estimate of drug-likeness (QED) is 0.578. The second-order valence-electron chi connectivity index (χ2n) is 6.58. The van der Waals surface area contributed by atoms with Crippen molar-refractivity contribution in [1.82, 2.24) is 9.97 Å². The van der Waals surface area contributed by atoms with Crippen molar-refractivity contribution < 1.29 is 13.6 Å². The van der Waals surface area contributed by atoms with Crippen molar-refractivity contribution in [2.24, 2.45) is 0 Å². The first kappa shape index (κ1) is 21.2. The molecular formula is C22H23F2N5O. The van der Waals surface area contributed by atoms with Crippen molar-refractivity contribution in [1.29, 1.82) is 0 Å². The average Bonchev–Trinajstić information content (AvgIpc) is 2.70. The zero-order valence-electron chi connectivity index (χ0n) is 17.0. The number of aromatic nitrogens is 2. The highest BCUT2D eigenvalue weighted by Crippen LogP contribution is 2.22. The highest BCUT2D eigenvalue weighted by molar-refractivity contribution is 6.04. The molecule has 0 bridgehead atoms. The second-order valence-corrected chi connectivity index (χ2v) is 6.58. The van der Waals surface area contributed by atoms with Crippen molar-refractivity contribution in [3.63, 3.8) is 0 Å². The van der Waals surface area contributed by atoms with Crippen LogP contribution in [0.15, 0.2) is 48.5 Å². The Morgan fingerprint density at radius 3 is 2.17 bits per heavy atom. The number of anilines is 4. The van der Waals surface area contributed by atoms with Crippen molar-refractivity contribution >= 4 is 28.9 Å². The van der Waals surface area contributed by atoms with Crippen molar-refractivity contribution in [2.75, 3.05) is 28.6 Å². The molecule has 1 amide bonds. The Morgan fingerprint density at radius 2 is 1.57 bits per heavy atom. The number of carbonyl (C=O) groups excluding carboxylic acids is 1. The molecule has 0 saturated carbocycles. The summed E-state index contributed by atoms with van der Waals surface area (Å²) in [7, 11) is 0. The van der Waals surface area contributed by atoms with Crippen molar-refractivity contribution in [3.8, 4) is 0 Å². The van der Waals surface area contributed by atoms with Crippen LogP contribution in [0.25, 0.3) is 0 Å². The molecule has 0 saturated heterocycles. The molecule has 2 aromatic carbocycles. The van der Waals surface area contributed by atoms with Gasteiger partial charge in [0.05, 0.1) is 0 Å². The van der Waals surface area contributed by atoms with E-state index in [1.54, 1.807) is 24.3 Å². The number of hydrogen-bond acceptors (Lipinski definition) is 5. The molecule has 0 unspecified atom stereocenters. The SMILES string of the molecule is CCN(CC)c1cc(Nc2ccc(NC(=O)c3c(F)cccc3F)cc2)nc(C)n1. The molecule has 1 heterocycles. The Balaban J connectivity index is 1.73. The first-order chi connectivity index (χ1) is 14.4. The normalized spacial score (nSPS) is 10.6. The average molecular weight is 411 g/mol. The Kier molecular flexibility index (Phi) is 6.56. The van der Waals surface area contributed by atoms with Gasteiger partial charge in [-0.3, -0.25) is 4.79 Å². The van der Waals surface area contributed by atoms with Crippen LogP contribution < -0.4 is 15.5 Å². The third kappa shape index (κ3) is 4.89. The molecule has 6 nitrogen and oxygen atoms in total. The molecule has 3 rings (SSSR count). The molecule has 0 radical (unpaired) electrons. The lowest BCUT2D eigenvalue weighted by atomic mass is 10.1.